The van der Waals surface area contributed by atoms with E-state index in [0.29, 0.717) is 17.4 Å². The predicted molar refractivity (Wildman–Crippen MR) is 125 cm³/mol. The third-order valence-corrected chi connectivity index (χ3v) is 5.63. The molecular weight excluding hydrogens is 388 g/mol. The third-order valence-electron chi connectivity index (χ3n) is 5.63. The first-order valence-electron chi connectivity index (χ1n) is 10.5. The van der Waals surface area contributed by atoms with Gasteiger partial charge in [-0.05, 0) is 72.9 Å². The molecule has 0 aliphatic carbocycles. The second-order valence-electron chi connectivity index (χ2n) is 7.63. The van der Waals surface area contributed by atoms with E-state index in [9.17, 15) is 9.59 Å². The van der Waals surface area contributed by atoms with Gasteiger partial charge in [-0.2, -0.15) is 0 Å². The first kappa shape index (κ1) is 20.5. The van der Waals surface area contributed by atoms with E-state index in [1.807, 2.05) is 42.6 Å². The molecule has 0 saturated carbocycles. The average molecular weight is 415 g/mol. The Hall–Kier alpha value is -3.80. The van der Waals surface area contributed by atoms with Gasteiger partial charge < -0.3 is 20.9 Å². The molecule has 1 aliphatic heterocycles. The van der Waals surface area contributed by atoms with Crippen LogP contribution in [0.15, 0.2) is 72.7 Å². The Morgan fingerprint density at radius 1 is 1.03 bits per heavy atom. The number of nitrogens with zero attached hydrogens (tertiary/aromatic N) is 1. The van der Waals surface area contributed by atoms with E-state index >= 15 is 0 Å². The van der Waals surface area contributed by atoms with Gasteiger partial charge in [-0.25, -0.2) is 0 Å². The van der Waals surface area contributed by atoms with Crippen LogP contribution in [-0.2, 0) is 4.79 Å². The van der Waals surface area contributed by atoms with Gasteiger partial charge >= 0.3 is 0 Å². The maximum Gasteiger partial charge on any atom is 0.255 e. The summed E-state index contributed by atoms with van der Waals surface area (Å²) >= 11 is 0. The van der Waals surface area contributed by atoms with Gasteiger partial charge in [-0.3, -0.25) is 9.59 Å². The van der Waals surface area contributed by atoms with E-state index in [0.717, 1.165) is 35.2 Å². The second-order valence-corrected chi connectivity index (χ2v) is 7.63. The monoisotopic (exact) mass is 414 g/mol. The molecule has 0 spiro atoms. The molecule has 0 radical (unpaired) electrons. The smallest absolute Gasteiger partial charge is 0.255 e. The van der Waals surface area contributed by atoms with Gasteiger partial charge in [0.25, 0.3) is 5.91 Å². The zero-order valence-electron chi connectivity index (χ0n) is 17.3. The Morgan fingerprint density at radius 3 is 2.52 bits per heavy atom. The minimum absolute atomic E-state index is 0.148. The summed E-state index contributed by atoms with van der Waals surface area (Å²) < 4.78 is 0. The Kier molecular flexibility index (Phi) is 6.17. The first-order valence-corrected chi connectivity index (χ1v) is 10.5. The molecular formula is C25H26N4O2. The van der Waals surface area contributed by atoms with Gasteiger partial charge in [0.2, 0.25) is 0 Å². The third kappa shape index (κ3) is 4.53. The van der Waals surface area contributed by atoms with E-state index in [4.69, 9.17) is 5.73 Å². The minimum Gasteiger partial charge on any atom is -0.404 e. The van der Waals surface area contributed by atoms with Crippen LogP contribution >= 0.6 is 0 Å². The number of anilines is 1. The number of aromatic amines is 1. The molecule has 3 aromatic rings. The van der Waals surface area contributed by atoms with Crippen LogP contribution in [-0.4, -0.2) is 30.3 Å². The molecule has 0 unspecified atom stereocenters. The molecule has 2 heterocycles. The van der Waals surface area contributed by atoms with Crippen LogP contribution in [0, 0.1) is 0 Å². The van der Waals surface area contributed by atoms with Crippen molar-refractivity contribution in [1.29, 1.82) is 0 Å². The molecule has 1 aromatic heterocycles. The zero-order chi connectivity index (χ0) is 21.6. The number of hydrogen-bond acceptors (Lipinski definition) is 4. The highest BCUT2D eigenvalue weighted by molar-refractivity contribution is 6.00. The summed E-state index contributed by atoms with van der Waals surface area (Å²) in [6.07, 6.45) is 9.17. The van der Waals surface area contributed by atoms with Crippen molar-refractivity contribution in [3.05, 3.63) is 83.8 Å². The second kappa shape index (κ2) is 9.34. The van der Waals surface area contributed by atoms with E-state index in [1.165, 1.54) is 25.5 Å². The number of carbonyl (C=O) groups excluding carboxylic acids is 2. The fourth-order valence-corrected chi connectivity index (χ4v) is 4.00. The molecule has 2 aromatic carbocycles. The lowest BCUT2D eigenvalue weighted by Gasteiger charge is -2.28. The Morgan fingerprint density at radius 2 is 1.81 bits per heavy atom. The molecule has 6 nitrogen and oxygen atoms in total. The van der Waals surface area contributed by atoms with Crippen molar-refractivity contribution in [3.63, 3.8) is 0 Å². The van der Waals surface area contributed by atoms with Crippen molar-refractivity contribution >= 4 is 34.4 Å². The van der Waals surface area contributed by atoms with E-state index in [-0.39, 0.29) is 11.6 Å². The topological polar surface area (TPSA) is 91.2 Å². The molecule has 1 saturated heterocycles. The summed E-state index contributed by atoms with van der Waals surface area (Å²) in [6, 6.07) is 15.3. The lowest BCUT2D eigenvalue weighted by molar-refractivity contribution is -0.105. The number of benzene rings is 2. The first-order chi connectivity index (χ1) is 15.2. The van der Waals surface area contributed by atoms with Crippen LogP contribution in [0.25, 0.3) is 16.5 Å². The SMILES string of the molecule is N/C=C(\C=C(/C=O)NC(=O)c1ccc(N2CCCCC2)cc1)c1cccc2[nH]ccc12. The molecule has 1 amide bonds. The van der Waals surface area contributed by atoms with Crippen molar-refractivity contribution in [2.24, 2.45) is 5.73 Å². The fraction of sp³-hybridized carbons (Fsp3) is 0.200. The number of H-pyrrole nitrogens is 1. The molecule has 4 rings (SSSR count). The lowest BCUT2D eigenvalue weighted by Crippen LogP contribution is -2.29. The number of hydrogen-bond donors (Lipinski definition) is 3. The van der Waals surface area contributed by atoms with Crippen molar-refractivity contribution in [3.8, 4) is 0 Å². The molecule has 4 N–H and O–H groups in total. The van der Waals surface area contributed by atoms with Crippen molar-refractivity contribution < 1.29 is 9.59 Å². The van der Waals surface area contributed by atoms with E-state index in [2.05, 4.69) is 15.2 Å². The van der Waals surface area contributed by atoms with Gasteiger partial charge in [-0.15, -0.1) is 0 Å². The van der Waals surface area contributed by atoms with Crippen LogP contribution in [0.2, 0.25) is 0 Å². The maximum absolute atomic E-state index is 12.7. The Balaban J connectivity index is 1.51. The largest absolute Gasteiger partial charge is 0.404 e. The number of aromatic nitrogens is 1. The Bertz CT molecular complexity index is 1140. The summed E-state index contributed by atoms with van der Waals surface area (Å²) in [4.78, 5) is 29.9. The zero-order valence-corrected chi connectivity index (χ0v) is 17.3. The molecule has 1 fully saturated rings. The maximum atomic E-state index is 12.7. The van der Waals surface area contributed by atoms with Gasteiger partial charge in [0.1, 0.15) is 0 Å². The highest BCUT2D eigenvalue weighted by Crippen LogP contribution is 2.25. The number of allylic oxidation sites excluding steroid dienone is 3. The summed E-state index contributed by atoms with van der Waals surface area (Å²) in [6.45, 7) is 2.09. The van der Waals surface area contributed by atoms with Gasteiger partial charge in [0.15, 0.2) is 6.29 Å². The highest BCUT2D eigenvalue weighted by atomic mass is 16.2. The number of fused-ring (bicyclic) bond motifs is 1. The van der Waals surface area contributed by atoms with Crippen LogP contribution in [0.5, 0.6) is 0 Å². The van der Waals surface area contributed by atoms with Crippen LogP contribution in [0.3, 0.4) is 0 Å². The number of nitrogens with one attached hydrogen (secondary N) is 2. The van der Waals surface area contributed by atoms with Crippen LogP contribution in [0.4, 0.5) is 5.69 Å². The number of carbonyl (C=O) groups is 2. The normalized spacial score (nSPS) is 15.2. The minimum atomic E-state index is -0.334. The van der Waals surface area contributed by atoms with Gasteiger partial charge in [0, 0.05) is 47.6 Å². The van der Waals surface area contributed by atoms with Crippen molar-refractivity contribution in [2.45, 2.75) is 19.3 Å². The highest BCUT2D eigenvalue weighted by Gasteiger charge is 2.13. The molecule has 158 valence electrons. The Labute approximate surface area is 181 Å². The molecule has 0 bridgehead atoms. The number of piperidine rings is 1. The standard InChI is InChI=1S/C25H26N4O2/c26-16-19(22-5-4-6-24-23(22)11-12-27-24)15-20(17-30)28-25(31)18-7-9-21(10-8-18)29-13-2-1-3-14-29/h4-12,15-17,27H,1-3,13-14,26H2,(H,28,31)/b19-16+,20-15+. The number of rotatable bonds is 6. The quantitative estimate of drug-likeness (QED) is 0.323. The van der Waals surface area contributed by atoms with Crippen molar-refractivity contribution in [2.75, 3.05) is 18.0 Å². The average Bonchev–Trinajstić information content (AvgIpc) is 3.31. The molecule has 6 heteroatoms. The summed E-state index contributed by atoms with van der Waals surface area (Å²) in [5, 5.41) is 3.68. The number of nitrogens with two attached hydrogens (primary N) is 1. The number of amides is 1. The summed E-state index contributed by atoms with van der Waals surface area (Å²) in [5.41, 5.74) is 10.1. The van der Waals surface area contributed by atoms with E-state index < -0.39 is 0 Å². The van der Waals surface area contributed by atoms with Gasteiger partial charge in [0.05, 0.1) is 5.70 Å². The van der Waals surface area contributed by atoms with Crippen LogP contribution in [0.1, 0.15) is 35.2 Å². The van der Waals surface area contributed by atoms with E-state index in [1.54, 1.807) is 18.2 Å². The van der Waals surface area contributed by atoms with Gasteiger partial charge in [-0.1, -0.05) is 12.1 Å². The number of aldehydes is 1. The lowest BCUT2D eigenvalue weighted by atomic mass is 10.0. The molecule has 1 aliphatic rings. The molecule has 31 heavy (non-hydrogen) atoms. The predicted octanol–water partition coefficient (Wildman–Crippen LogP) is 3.97. The summed E-state index contributed by atoms with van der Waals surface area (Å²) in [5.74, 6) is -0.334. The fourth-order valence-electron chi connectivity index (χ4n) is 4.00. The van der Waals surface area contributed by atoms with Crippen molar-refractivity contribution in [1.82, 2.24) is 10.3 Å². The van der Waals surface area contributed by atoms with Crippen LogP contribution < -0.4 is 16.0 Å². The molecule has 0 atom stereocenters. The summed E-state index contributed by atoms with van der Waals surface area (Å²) in [7, 11) is 0.